The molecule has 138 valence electrons. The van der Waals surface area contributed by atoms with Gasteiger partial charge in [-0.1, -0.05) is 24.3 Å². The number of pyridine rings is 1. The molecule has 0 aliphatic rings. The summed E-state index contributed by atoms with van der Waals surface area (Å²) in [5, 5.41) is 3.63. The van der Waals surface area contributed by atoms with Crippen LogP contribution in [0.15, 0.2) is 53.3 Å². The molecule has 1 aromatic heterocycles. The Labute approximate surface area is 156 Å². The molecule has 2 aromatic carbocycles. The molecular formula is C21H20N2O4. The molecule has 0 aliphatic carbocycles. The van der Waals surface area contributed by atoms with Crippen molar-refractivity contribution >= 4 is 28.5 Å². The molecule has 1 amide bonds. The van der Waals surface area contributed by atoms with Crippen LogP contribution in [-0.4, -0.2) is 24.0 Å². The van der Waals surface area contributed by atoms with Gasteiger partial charge in [0.05, 0.1) is 18.4 Å². The van der Waals surface area contributed by atoms with Crippen LogP contribution < -0.4 is 10.9 Å². The monoisotopic (exact) mass is 364 g/mol. The molecule has 3 aromatic rings. The Bertz CT molecular complexity index is 1070. The summed E-state index contributed by atoms with van der Waals surface area (Å²) in [4.78, 5) is 39.2. The Balaban J connectivity index is 1.72. The summed E-state index contributed by atoms with van der Waals surface area (Å²) in [7, 11) is 1.29. The highest BCUT2D eigenvalue weighted by Crippen LogP contribution is 2.17. The first-order valence-corrected chi connectivity index (χ1v) is 8.57. The fourth-order valence-corrected chi connectivity index (χ4v) is 2.89. The summed E-state index contributed by atoms with van der Waals surface area (Å²) in [6, 6.07) is 14.3. The highest BCUT2D eigenvalue weighted by atomic mass is 16.5. The predicted octanol–water partition coefficient (Wildman–Crippen LogP) is 3.19. The van der Waals surface area contributed by atoms with E-state index in [1.165, 1.54) is 7.11 Å². The number of aryl methyl sites for hydroxylation is 2. The number of rotatable bonds is 5. The second-order valence-electron chi connectivity index (χ2n) is 6.30. The van der Waals surface area contributed by atoms with E-state index >= 15 is 0 Å². The van der Waals surface area contributed by atoms with Crippen LogP contribution in [0.1, 0.15) is 27.9 Å². The predicted molar refractivity (Wildman–Crippen MR) is 104 cm³/mol. The van der Waals surface area contributed by atoms with E-state index in [4.69, 9.17) is 4.74 Å². The standard InChI is InChI=1S/C21H20N2O4/c1-13-7-8-14-12-15(20(25)23-18(14)11-13)9-10-19(24)22-17-6-4-3-5-16(17)21(26)27-2/h3-8,11-12H,9-10H2,1-2H3,(H,22,24)(H,23,25). The molecule has 1 heterocycles. The number of carbonyl (C=O) groups excluding carboxylic acids is 2. The van der Waals surface area contributed by atoms with Crippen molar-refractivity contribution in [3.63, 3.8) is 0 Å². The van der Waals surface area contributed by atoms with E-state index in [1.807, 2.05) is 31.2 Å². The van der Waals surface area contributed by atoms with Gasteiger partial charge in [-0.15, -0.1) is 0 Å². The first-order chi connectivity index (χ1) is 13.0. The minimum absolute atomic E-state index is 0.121. The normalized spacial score (nSPS) is 10.6. The third kappa shape index (κ3) is 4.23. The van der Waals surface area contributed by atoms with Gasteiger partial charge in [-0.05, 0) is 48.6 Å². The number of benzene rings is 2. The quantitative estimate of drug-likeness (QED) is 0.681. The molecule has 0 saturated heterocycles. The number of aromatic amines is 1. The number of carbonyl (C=O) groups is 2. The van der Waals surface area contributed by atoms with Crippen LogP contribution in [0.4, 0.5) is 5.69 Å². The maximum Gasteiger partial charge on any atom is 0.339 e. The van der Waals surface area contributed by atoms with E-state index in [0.29, 0.717) is 17.7 Å². The second-order valence-corrected chi connectivity index (χ2v) is 6.30. The third-order valence-corrected chi connectivity index (χ3v) is 4.31. The topological polar surface area (TPSA) is 88.3 Å². The number of ether oxygens (including phenoxy) is 1. The van der Waals surface area contributed by atoms with Gasteiger partial charge in [0.1, 0.15) is 0 Å². The molecule has 0 unspecified atom stereocenters. The number of hydrogen-bond donors (Lipinski definition) is 2. The molecule has 27 heavy (non-hydrogen) atoms. The highest BCUT2D eigenvalue weighted by Gasteiger charge is 2.14. The Morgan fingerprint density at radius 3 is 2.67 bits per heavy atom. The maximum absolute atomic E-state index is 12.3. The molecule has 0 fully saturated rings. The average molecular weight is 364 g/mol. The Kier molecular flexibility index (Phi) is 5.35. The first-order valence-electron chi connectivity index (χ1n) is 8.57. The minimum atomic E-state index is -0.521. The number of amides is 1. The number of fused-ring (bicyclic) bond motifs is 1. The van der Waals surface area contributed by atoms with Gasteiger partial charge < -0.3 is 15.0 Å². The Morgan fingerprint density at radius 2 is 1.89 bits per heavy atom. The minimum Gasteiger partial charge on any atom is -0.465 e. The fourth-order valence-electron chi connectivity index (χ4n) is 2.89. The summed E-state index contributed by atoms with van der Waals surface area (Å²) in [6.45, 7) is 1.96. The van der Waals surface area contributed by atoms with Crippen molar-refractivity contribution < 1.29 is 14.3 Å². The Hall–Kier alpha value is -3.41. The summed E-state index contributed by atoms with van der Waals surface area (Å²) < 4.78 is 4.72. The molecule has 0 spiro atoms. The van der Waals surface area contributed by atoms with Gasteiger partial charge in [0.15, 0.2) is 0 Å². The van der Waals surface area contributed by atoms with Crippen LogP contribution in [0, 0.1) is 6.92 Å². The van der Waals surface area contributed by atoms with E-state index < -0.39 is 5.97 Å². The van der Waals surface area contributed by atoms with Gasteiger partial charge in [0.2, 0.25) is 5.91 Å². The van der Waals surface area contributed by atoms with Crippen molar-refractivity contribution in [3.8, 4) is 0 Å². The van der Waals surface area contributed by atoms with Crippen molar-refractivity contribution in [2.45, 2.75) is 19.8 Å². The van der Waals surface area contributed by atoms with E-state index in [0.717, 1.165) is 16.5 Å². The molecule has 0 bridgehead atoms. The highest BCUT2D eigenvalue weighted by molar-refractivity contribution is 6.01. The van der Waals surface area contributed by atoms with E-state index in [9.17, 15) is 14.4 Å². The second kappa shape index (κ2) is 7.86. The van der Waals surface area contributed by atoms with Crippen molar-refractivity contribution in [3.05, 3.63) is 75.6 Å². The molecule has 2 N–H and O–H groups in total. The molecule has 3 rings (SSSR count). The van der Waals surface area contributed by atoms with Crippen molar-refractivity contribution in [1.29, 1.82) is 0 Å². The molecule has 6 nitrogen and oxygen atoms in total. The van der Waals surface area contributed by atoms with Crippen molar-refractivity contribution in [2.75, 3.05) is 12.4 Å². The van der Waals surface area contributed by atoms with Crippen LogP contribution in [0.3, 0.4) is 0 Å². The third-order valence-electron chi connectivity index (χ3n) is 4.31. The van der Waals surface area contributed by atoms with Crippen molar-refractivity contribution in [1.82, 2.24) is 4.98 Å². The number of nitrogens with one attached hydrogen (secondary N) is 2. The van der Waals surface area contributed by atoms with Crippen LogP contribution in [0.2, 0.25) is 0 Å². The number of H-pyrrole nitrogens is 1. The molecule has 0 aliphatic heterocycles. The number of aromatic nitrogens is 1. The zero-order valence-electron chi connectivity index (χ0n) is 15.2. The maximum atomic E-state index is 12.3. The van der Waals surface area contributed by atoms with Crippen LogP contribution in [0.5, 0.6) is 0 Å². The van der Waals surface area contributed by atoms with Crippen LogP contribution in [-0.2, 0) is 16.0 Å². The van der Waals surface area contributed by atoms with Gasteiger partial charge in [0.25, 0.3) is 5.56 Å². The number of esters is 1. The molecule has 0 atom stereocenters. The summed E-state index contributed by atoms with van der Waals surface area (Å²) in [5.74, 6) is -0.804. The number of methoxy groups -OCH3 is 1. The number of para-hydroxylation sites is 1. The lowest BCUT2D eigenvalue weighted by molar-refractivity contribution is -0.116. The van der Waals surface area contributed by atoms with Crippen molar-refractivity contribution in [2.24, 2.45) is 0 Å². The van der Waals surface area contributed by atoms with Crippen LogP contribution in [0.25, 0.3) is 10.9 Å². The van der Waals surface area contributed by atoms with Gasteiger partial charge in [0, 0.05) is 17.5 Å². The zero-order valence-corrected chi connectivity index (χ0v) is 15.2. The number of anilines is 1. The summed E-state index contributed by atoms with van der Waals surface area (Å²) in [5.41, 5.74) is 2.86. The lowest BCUT2D eigenvalue weighted by Crippen LogP contribution is -2.18. The lowest BCUT2D eigenvalue weighted by atomic mass is 10.1. The molecular weight excluding hydrogens is 344 g/mol. The molecule has 0 radical (unpaired) electrons. The van der Waals surface area contributed by atoms with Gasteiger partial charge in [-0.25, -0.2) is 4.79 Å². The molecule has 0 saturated carbocycles. The SMILES string of the molecule is COC(=O)c1ccccc1NC(=O)CCc1cc2ccc(C)cc2[nH]c1=O. The smallest absolute Gasteiger partial charge is 0.339 e. The van der Waals surface area contributed by atoms with Crippen LogP contribution >= 0.6 is 0 Å². The summed E-state index contributed by atoms with van der Waals surface area (Å²) >= 11 is 0. The van der Waals surface area contributed by atoms with Gasteiger partial charge in [-0.3, -0.25) is 9.59 Å². The van der Waals surface area contributed by atoms with E-state index in [2.05, 4.69) is 10.3 Å². The first kappa shape index (κ1) is 18.4. The van der Waals surface area contributed by atoms with Gasteiger partial charge in [-0.2, -0.15) is 0 Å². The molecule has 6 heteroatoms. The number of hydrogen-bond acceptors (Lipinski definition) is 4. The average Bonchev–Trinajstić information content (AvgIpc) is 2.66. The van der Waals surface area contributed by atoms with E-state index in [1.54, 1.807) is 24.3 Å². The zero-order chi connectivity index (χ0) is 19.4. The fraction of sp³-hybridized carbons (Fsp3) is 0.190. The van der Waals surface area contributed by atoms with Gasteiger partial charge >= 0.3 is 5.97 Å². The Morgan fingerprint density at radius 1 is 1.11 bits per heavy atom. The van der Waals surface area contributed by atoms with E-state index in [-0.39, 0.29) is 23.5 Å². The largest absolute Gasteiger partial charge is 0.465 e. The summed E-state index contributed by atoms with van der Waals surface area (Å²) in [6.07, 6.45) is 0.418. The lowest BCUT2D eigenvalue weighted by Gasteiger charge is -2.09.